The second-order valence-electron chi connectivity index (χ2n) is 10.9. The molecule has 1 N–H and O–H groups in total. The first-order valence-corrected chi connectivity index (χ1v) is 12.1. The smallest absolute Gasteiger partial charge is 0.226 e. The van der Waals surface area contributed by atoms with E-state index < -0.39 is 5.41 Å². The van der Waals surface area contributed by atoms with Crippen molar-refractivity contribution in [2.75, 3.05) is 7.05 Å². The zero-order valence-corrected chi connectivity index (χ0v) is 21.5. The SMILES string of the molecule is C/N=N\C(=C/C(C)(C)[C@@H]1CCC(C)(C(=O)NC(C)c2ccccc2)C1(C)C)c1ccccc1F. The van der Waals surface area contributed by atoms with Gasteiger partial charge in [-0.15, -0.1) is 0 Å². The van der Waals surface area contributed by atoms with Crippen molar-refractivity contribution in [1.29, 1.82) is 0 Å². The van der Waals surface area contributed by atoms with Crippen LogP contribution in [0.1, 0.15) is 71.6 Å². The van der Waals surface area contributed by atoms with Crippen molar-refractivity contribution in [2.45, 2.75) is 60.4 Å². The molecule has 4 nitrogen and oxygen atoms in total. The lowest BCUT2D eigenvalue weighted by Crippen LogP contribution is -2.49. The van der Waals surface area contributed by atoms with Gasteiger partial charge in [0.2, 0.25) is 5.91 Å². The fourth-order valence-electron chi connectivity index (χ4n) is 5.78. The number of azo groups is 1. The van der Waals surface area contributed by atoms with E-state index in [1.54, 1.807) is 25.2 Å². The summed E-state index contributed by atoms with van der Waals surface area (Å²) in [6.45, 7) is 12.8. The van der Waals surface area contributed by atoms with Gasteiger partial charge in [-0.05, 0) is 54.2 Å². The summed E-state index contributed by atoms with van der Waals surface area (Å²) in [5.41, 5.74) is 0.895. The number of hydrogen-bond acceptors (Lipinski definition) is 3. The van der Waals surface area contributed by atoms with E-state index in [1.807, 2.05) is 43.3 Å². The van der Waals surface area contributed by atoms with E-state index in [2.05, 4.69) is 50.2 Å². The standard InChI is InChI=1S/C29H38FN3O/c1-20(21-13-9-8-10-14-21)32-26(34)29(6)18-17-25(28(29,4)5)27(2,3)19-24(33-31-7)22-15-11-12-16-23(22)30/h8-16,19-20,25H,17-18H2,1-7H3,(H,32,34)/b24-19-,33-31-/t20?,25-,29?/m0/s1. The minimum atomic E-state index is -0.531. The molecule has 182 valence electrons. The summed E-state index contributed by atoms with van der Waals surface area (Å²) in [4.78, 5) is 13.6. The molecule has 1 fully saturated rings. The van der Waals surface area contributed by atoms with E-state index in [1.165, 1.54) is 6.07 Å². The minimum absolute atomic E-state index is 0.0640. The van der Waals surface area contributed by atoms with Gasteiger partial charge >= 0.3 is 0 Å². The van der Waals surface area contributed by atoms with Gasteiger partial charge in [0, 0.05) is 12.6 Å². The largest absolute Gasteiger partial charge is 0.349 e. The third-order valence-electron chi connectivity index (χ3n) is 8.14. The van der Waals surface area contributed by atoms with Gasteiger partial charge in [-0.3, -0.25) is 4.79 Å². The average molecular weight is 464 g/mol. The van der Waals surface area contributed by atoms with Gasteiger partial charge in [-0.25, -0.2) is 4.39 Å². The molecule has 3 rings (SSSR count). The molecule has 0 saturated heterocycles. The average Bonchev–Trinajstić information content (AvgIpc) is 3.04. The van der Waals surface area contributed by atoms with Gasteiger partial charge in [0.25, 0.3) is 0 Å². The molecule has 0 aromatic heterocycles. The summed E-state index contributed by atoms with van der Waals surface area (Å²) in [7, 11) is 1.59. The molecule has 3 atom stereocenters. The lowest BCUT2D eigenvalue weighted by Gasteiger charge is -2.46. The number of benzene rings is 2. The molecule has 0 heterocycles. The third kappa shape index (κ3) is 4.84. The molecule has 2 unspecified atom stereocenters. The van der Waals surface area contributed by atoms with Crippen LogP contribution in [0.25, 0.3) is 5.70 Å². The van der Waals surface area contributed by atoms with Crippen molar-refractivity contribution in [3.8, 4) is 0 Å². The lowest BCUT2D eigenvalue weighted by molar-refractivity contribution is -0.137. The van der Waals surface area contributed by atoms with Crippen LogP contribution in [0.5, 0.6) is 0 Å². The summed E-state index contributed by atoms with van der Waals surface area (Å²) in [6, 6.07) is 16.6. The zero-order valence-electron chi connectivity index (χ0n) is 21.5. The summed E-state index contributed by atoms with van der Waals surface area (Å²) < 4.78 is 14.6. The normalized spacial score (nSPS) is 23.8. The number of amides is 1. The Kier molecular flexibility index (Phi) is 7.44. The number of carbonyl (C=O) groups excluding carboxylic acids is 1. The number of rotatable bonds is 7. The number of nitrogens with one attached hydrogen (secondary N) is 1. The van der Waals surface area contributed by atoms with Gasteiger partial charge in [-0.2, -0.15) is 10.2 Å². The first-order valence-electron chi connectivity index (χ1n) is 12.1. The van der Waals surface area contributed by atoms with Crippen LogP contribution in [0.2, 0.25) is 0 Å². The highest BCUT2D eigenvalue weighted by molar-refractivity contribution is 5.84. The second kappa shape index (κ2) is 9.81. The Hall–Kier alpha value is -2.82. The van der Waals surface area contributed by atoms with Crippen molar-refractivity contribution in [1.82, 2.24) is 5.32 Å². The van der Waals surface area contributed by atoms with E-state index in [0.29, 0.717) is 11.3 Å². The fourth-order valence-corrected chi connectivity index (χ4v) is 5.78. The van der Waals surface area contributed by atoms with Crippen molar-refractivity contribution < 1.29 is 9.18 Å². The number of nitrogens with zero attached hydrogens (tertiary/aromatic N) is 2. The highest BCUT2D eigenvalue weighted by Gasteiger charge is 2.59. The number of carbonyl (C=O) groups is 1. The zero-order chi connectivity index (χ0) is 25.1. The van der Waals surface area contributed by atoms with Crippen LogP contribution in [0, 0.1) is 28.0 Å². The lowest BCUT2D eigenvalue weighted by atomic mass is 9.59. The van der Waals surface area contributed by atoms with E-state index >= 15 is 0 Å². The van der Waals surface area contributed by atoms with Gasteiger partial charge < -0.3 is 5.32 Å². The molecule has 34 heavy (non-hydrogen) atoms. The molecule has 2 aromatic carbocycles. The Morgan fingerprint density at radius 1 is 1.12 bits per heavy atom. The van der Waals surface area contributed by atoms with E-state index in [0.717, 1.165) is 18.4 Å². The predicted molar refractivity (Wildman–Crippen MR) is 137 cm³/mol. The van der Waals surface area contributed by atoms with Crippen LogP contribution in [-0.2, 0) is 4.79 Å². The van der Waals surface area contributed by atoms with Crippen LogP contribution in [0.15, 0.2) is 70.9 Å². The predicted octanol–water partition coefficient (Wildman–Crippen LogP) is 7.59. The van der Waals surface area contributed by atoms with Crippen LogP contribution in [-0.4, -0.2) is 13.0 Å². The number of hydrogen-bond donors (Lipinski definition) is 1. The summed E-state index contributed by atoms with van der Waals surface area (Å²) in [6.07, 6.45) is 3.72. The maximum Gasteiger partial charge on any atom is 0.226 e. The highest BCUT2D eigenvalue weighted by atomic mass is 19.1. The Morgan fingerprint density at radius 2 is 1.74 bits per heavy atom. The fraction of sp³-hybridized carbons (Fsp3) is 0.483. The Labute approximate surface area is 203 Å². The van der Waals surface area contributed by atoms with Crippen molar-refractivity contribution in [3.05, 3.63) is 77.6 Å². The molecule has 1 aliphatic rings. The summed E-state index contributed by atoms with van der Waals surface area (Å²) >= 11 is 0. The topological polar surface area (TPSA) is 53.8 Å². The Balaban J connectivity index is 1.90. The monoisotopic (exact) mass is 463 g/mol. The van der Waals surface area contributed by atoms with Crippen molar-refractivity contribution in [2.24, 2.45) is 32.4 Å². The van der Waals surface area contributed by atoms with Crippen molar-refractivity contribution in [3.63, 3.8) is 0 Å². The number of halogens is 1. The van der Waals surface area contributed by atoms with Crippen LogP contribution in [0.3, 0.4) is 0 Å². The quantitative estimate of drug-likeness (QED) is 0.422. The van der Waals surface area contributed by atoms with Crippen LogP contribution < -0.4 is 5.32 Å². The molecule has 0 spiro atoms. The highest BCUT2D eigenvalue weighted by Crippen LogP contribution is 2.61. The van der Waals surface area contributed by atoms with E-state index in [-0.39, 0.29) is 34.5 Å². The third-order valence-corrected chi connectivity index (χ3v) is 8.14. The summed E-state index contributed by atoms with van der Waals surface area (Å²) in [5, 5.41) is 11.5. The Morgan fingerprint density at radius 3 is 2.35 bits per heavy atom. The van der Waals surface area contributed by atoms with Gasteiger partial charge in [0.15, 0.2) is 0 Å². The molecule has 0 radical (unpaired) electrons. The molecule has 1 amide bonds. The van der Waals surface area contributed by atoms with Gasteiger partial charge in [-0.1, -0.05) is 83.2 Å². The summed E-state index contributed by atoms with van der Waals surface area (Å²) in [5.74, 6) is -0.0444. The van der Waals surface area contributed by atoms with E-state index in [9.17, 15) is 9.18 Å². The maximum atomic E-state index is 14.6. The molecular weight excluding hydrogens is 425 g/mol. The molecule has 1 saturated carbocycles. The van der Waals surface area contributed by atoms with E-state index in [4.69, 9.17) is 0 Å². The Bertz CT molecular complexity index is 1070. The second-order valence-corrected chi connectivity index (χ2v) is 10.9. The molecular formula is C29H38FN3O. The molecule has 5 heteroatoms. The maximum absolute atomic E-state index is 14.6. The molecule has 1 aliphatic carbocycles. The molecule has 0 aliphatic heterocycles. The molecule has 2 aromatic rings. The van der Waals surface area contributed by atoms with Crippen LogP contribution >= 0.6 is 0 Å². The first-order chi connectivity index (χ1) is 15.9. The van der Waals surface area contributed by atoms with Gasteiger partial charge in [0.1, 0.15) is 5.82 Å². The minimum Gasteiger partial charge on any atom is -0.349 e. The first kappa shape index (κ1) is 25.8. The van der Waals surface area contributed by atoms with Gasteiger partial charge in [0.05, 0.1) is 17.2 Å². The van der Waals surface area contributed by atoms with Crippen molar-refractivity contribution >= 4 is 11.6 Å². The number of allylic oxidation sites excluding steroid dienone is 1. The van der Waals surface area contributed by atoms with Crippen LogP contribution in [0.4, 0.5) is 4.39 Å². The molecule has 0 bridgehead atoms.